The van der Waals surface area contributed by atoms with E-state index in [0.29, 0.717) is 12.3 Å². The predicted octanol–water partition coefficient (Wildman–Crippen LogP) is 2.85. The lowest BCUT2D eigenvalue weighted by Crippen LogP contribution is -2.22. The molecule has 1 N–H and O–H groups in total. The van der Waals surface area contributed by atoms with E-state index in [1.807, 2.05) is 24.3 Å². The van der Waals surface area contributed by atoms with Gasteiger partial charge in [0, 0.05) is 11.8 Å². The highest BCUT2D eigenvalue weighted by atomic mass is 35.5. The SMILES string of the molecule is O=C(Nc1cccnc1Cl)C1COc2ccccc21. The predicted molar refractivity (Wildman–Crippen MR) is 72.6 cm³/mol. The molecule has 0 spiro atoms. The van der Waals surface area contributed by atoms with Gasteiger partial charge in [0.15, 0.2) is 5.15 Å². The molecule has 1 aromatic carbocycles. The monoisotopic (exact) mass is 274 g/mol. The molecule has 0 saturated heterocycles. The van der Waals surface area contributed by atoms with E-state index >= 15 is 0 Å². The maximum atomic E-state index is 12.3. The topological polar surface area (TPSA) is 51.2 Å². The van der Waals surface area contributed by atoms with Crippen LogP contribution in [0, 0.1) is 0 Å². The van der Waals surface area contributed by atoms with Crippen molar-refractivity contribution in [2.45, 2.75) is 5.92 Å². The fourth-order valence-electron chi connectivity index (χ4n) is 2.08. The molecular weight excluding hydrogens is 264 g/mol. The maximum absolute atomic E-state index is 12.3. The number of pyridine rings is 1. The number of carbonyl (C=O) groups excluding carboxylic acids is 1. The molecule has 5 heteroatoms. The number of amides is 1. The fourth-order valence-corrected chi connectivity index (χ4v) is 2.25. The maximum Gasteiger partial charge on any atom is 0.235 e. The first-order chi connectivity index (χ1) is 9.25. The van der Waals surface area contributed by atoms with Gasteiger partial charge in [0.2, 0.25) is 5.91 Å². The van der Waals surface area contributed by atoms with Gasteiger partial charge in [-0.1, -0.05) is 29.8 Å². The second kappa shape index (κ2) is 4.90. The molecule has 96 valence electrons. The molecule has 19 heavy (non-hydrogen) atoms. The second-order valence-electron chi connectivity index (χ2n) is 4.23. The number of ether oxygens (including phenoxy) is 1. The Bertz CT molecular complexity index is 630. The summed E-state index contributed by atoms with van der Waals surface area (Å²) >= 11 is 5.92. The molecule has 2 aromatic rings. The molecule has 1 aromatic heterocycles. The first kappa shape index (κ1) is 12.0. The van der Waals surface area contributed by atoms with Crippen LogP contribution in [0.5, 0.6) is 5.75 Å². The summed E-state index contributed by atoms with van der Waals surface area (Å²) in [6.45, 7) is 0.350. The quantitative estimate of drug-likeness (QED) is 0.857. The van der Waals surface area contributed by atoms with Crippen molar-refractivity contribution >= 4 is 23.2 Å². The number of nitrogens with one attached hydrogen (secondary N) is 1. The van der Waals surface area contributed by atoms with E-state index in [-0.39, 0.29) is 17.0 Å². The average Bonchev–Trinajstić information content (AvgIpc) is 2.85. The minimum Gasteiger partial charge on any atom is -0.492 e. The summed E-state index contributed by atoms with van der Waals surface area (Å²) in [4.78, 5) is 16.2. The van der Waals surface area contributed by atoms with E-state index < -0.39 is 0 Å². The van der Waals surface area contributed by atoms with E-state index in [2.05, 4.69) is 10.3 Å². The summed E-state index contributed by atoms with van der Waals surface area (Å²) in [6, 6.07) is 11.0. The number of rotatable bonds is 2. The van der Waals surface area contributed by atoms with Crippen molar-refractivity contribution in [2.24, 2.45) is 0 Å². The van der Waals surface area contributed by atoms with E-state index in [1.165, 1.54) is 0 Å². The Morgan fingerprint density at radius 3 is 3.00 bits per heavy atom. The van der Waals surface area contributed by atoms with Gasteiger partial charge in [-0.05, 0) is 18.2 Å². The number of anilines is 1. The summed E-state index contributed by atoms with van der Waals surface area (Å²) in [6.07, 6.45) is 1.58. The third-order valence-electron chi connectivity index (χ3n) is 3.03. The van der Waals surface area contributed by atoms with Crippen LogP contribution in [-0.2, 0) is 4.79 Å². The van der Waals surface area contributed by atoms with Crippen LogP contribution < -0.4 is 10.1 Å². The third-order valence-corrected chi connectivity index (χ3v) is 3.33. The number of hydrogen-bond acceptors (Lipinski definition) is 3. The van der Waals surface area contributed by atoms with Crippen molar-refractivity contribution in [2.75, 3.05) is 11.9 Å². The Kier molecular flexibility index (Phi) is 3.09. The molecule has 1 atom stereocenters. The standard InChI is InChI=1S/C14H11ClN2O2/c15-13-11(5-3-7-16-13)17-14(18)10-8-19-12-6-2-1-4-9(10)12/h1-7,10H,8H2,(H,17,18). The van der Waals surface area contributed by atoms with Crippen LogP contribution in [0.25, 0.3) is 0 Å². The van der Waals surface area contributed by atoms with Crippen molar-refractivity contribution in [3.8, 4) is 5.75 Å². The van der Waals surface area contributed by atoms with Crippen LogP contribution in [-0.4, -0.2) is 17.5 Å². The summed E-state index contributed by atoms with van der Waals surface area (Å²) in [7, 11) is 0. The molecule has 1 aliphatic heterocycles. The summed E-state index contributed by atoms with van der Waals surface area (Å²) < 4.78 is 5.49. The van der Waals surface area contributed by atoms with Gasteiger partial charge in [-0.15, -0.1) is 0 Å². The van der Waals surface area contributed by atoms with Crippen molar-refractivity contribution in [1.82, 2.24) is 4.98 Å². The van der Waals surface area contributed by atoms with Gasteiger partial charge in [-0.3, -0.25) is 4.79 Å². The van der Waals surface area contributed by atoms with E-state index in [4.69, 9.17) is 16.3 Å². The Hall–Kier alpha value is -2.07. The molecule has 3 rings (SSSR count). The van der Waals surface area contributed by atoms with Gasteiger partial charge < -0.3 is 10.1 Å². The number of benzene rings is 1. The highest BCUT2D eigenvalue weighted by Crippen LogP contribution is 2.34. The molecule has 1 amide bonds. The van der Waals surface area contributed by atoms with Gasteiger partial charge in [0.05, 0.1) is 5.69 Å². The van der Waals surface area contributed by atoms with Crippen molar-refractivity contribution < 1.29 is 9.53 Å². The lowest BCUT2D eigenvalue weighted by Gasteiger charge is -2.10. The van der Waals surface area contributed by atoms with Crippen LogP contribution in [0.1, 0.15) is 11.5 Å². The zero-order chi connectivity index (χ0) is 13.2. The number of halogens is 1. The lowest BCUT2D eigenvalue weighted by atomic mass is 10.0. The van der Waals surface area contributed by atoms with Crippen LogP contribution in [0.15, 0.2) is 42.6 Å². The minimum absolute atomic E-state index is 0.139. The second-order valence-corrected chi connectivity index (χ2v) is 4.59. The van der Waals surface area contributed by atoms with Crippen LogP contribution in [0.2, 0.25) is 5.15 Å². The number of nitrogens with zero attached hydrogens (tertiary/aromatic N) is 1. The van der Waals surface area contributed by atoms with Gasteiger partial charge in [-0.25, -0.2) is 4.98 Å². The Labute approximate surface area is 115 Å². The average molecular weight is 275 g/mol. The first-order valence-electron chi connectivity index (χ1n) is 5.89. The lowest BCUT2D eigenvalue weighted by molar-refractivity contribution is -0.117. The first-order valence-corrected chi connectivity index (χ1v) is 6.26. The molecule has 0 bridgehead atoms. The number of hydrogen-bond donors (Lipinski definition) is 1. The number of para-hydroxylation sites is 1. The number of carbonyl (C=O) groups is 1. The molecule has 0 saturated carbocycles. The molecule has 2 heterocycles. The van der Waals surface area contributed by atoms with E-state index in [9.17, 15) is 4.79 Å². The summed E-state index contributed by atoms with van der Waals surface area (Å²) in [5, 5.41) is 3.06. The number of aromatic nitrogens is 1. The molecule has 0 fully saturated rings. The Balaban J connectivity index is 1.81. The van der Waals surface area contributed by atoms with Crippen molar-refractivity contribution in [3.63, 3.8) is 0 Å². The van der Waals surface area contributed by atoms with E-state index in [1.54, 1.807) is 18.3 Å². The van der Waals surface area contributed by atoms with Gasteiger partial charge in [-0.2, -0.15) is 0 Å². The Morgan fingerprint density at radius 1 is 1.32 bits per heavy atom. The number of fused-ring (bicyclic) bond motifs is 1. The largest absolute Gasteiger partial charge is 0.492 e. The molecule has 1 aliphatic rings. The van der Waals surface area contributed by atoms with Gasteiger partial charge in [0.25, 0.3) is 0 Å². The van der Waals surface area contributed by atoms with Crippen molar-refractivity contribution in [1.29, 1.82) is 0 Å². The zero-order valence-electron chi connectivity index (χ0n) is 9.97. The van der Waals surface area contributed by atoms with Gasteiger partial charge in [0.1, 0.15) is 18.3 Å². The van der Waals surface area contributed by atoms with Crippen molar-refractivity contribution in [3.05, 3.63) is 53.3 Å². The fraction of sp³-hybridized carbons (Fsp3) is 0.143. The molecule has 4 nitrogen and oxygen atoms in total. The highest BCUT2D eigenvalue weighted by molar-refractivity contribution is 6.32. The van der Waals surface area contributed by atoms with Crippen LogP contribution >= 0.6 is 11.6 Å². The third kappa shape index (κ3) is 2.27. The highest BCUT2D eigenvalue weighted by Gasteiger charge is 2.30. The molecular formula is C14H11ClN2O2. The zero-order valence-corrected chi connectivity index (χ0v) is 10.7. The van der Waals surface area contributed by atoms with E-state index in [0.717, 1.165) is 11.3 Å². The summed E-state index contributed by atoms with van der Waals surface area (Å²) in [5.41, 5.74) is 1.42. The normalized spacial score (nSPS) is 16.6. The molecule has 0 aliphatic carbocycles. The molecule has 1 unspecified atom stereocenters. The van der Waals surface area contributed by atoms with Crippen LogP contribution in [0.4, 0.5) is 5.69 Å². The summed E-state index contributed by atoms with van der Waals surface area (Å²) in [5.74, 6) is 0.312. The Morgan fingerprint density at radius 2 is 2.16 bits per heavy atom. The minimum atomic E-state index is -0.313. The smallest absolute Gasteiger partial charge is 0.235 e. The van der Waals surface area contributed by atoms with Gasteiger partial charge >= 0.3 is 0 Å². The molecule has 0 radical (unpaired) electrons. The van der Waals surface area contributed by atoms with Crippen LogP contribution in [0.3, 0.4) is 0 Å².